The van der Waals surface area contributed by atoms with E-state index in [1.54, 1.807) is 14.2 Å². The summed E-state index contributed by atoms with van der Waals surface area (Å²) in [7, 11) is 3.45. The van der Waals surface area contributed by atoms with Crippen LogP contribution in [0.1, 0.15) is 17.8 Å². The molecule has 0 fully saturated rings. The highest BCUT2D eigenvalue weighted by molar-refractivity contribution is 5.79. The number of fused-ring (bicyclic) bond motifs is 1. The largest absolute Gasteiger partial charge is 0.497 e. The molecule has 1 aromatic heterocycles. The molecule has 0 aliphatic carbocycles. The lowest BCUT2D eigenvalue weighted by Crippen LogP contribution is -2.37. The van der Waals surface area contributed by atoms with Gasteiger partial charge < -0.3 is 20.4 Å². The van der Waals surface area contributed by atoms with Crippen molar-refractivity contribution in [2.45, 2.75) is 19.4 Å². The van der Waals surface area contributed by atoms with Crippen LogP contribution in [0.15, 0.2) is 53.5 Å². The van der Waals surface area contributed by atoms with Crippen molar-refractivity contribution < 1.29 is 4.74 Å². The van der Waals surface area contributed by atoms with E-state index >= 15 is 0 Å². The molecule has 0 saturated carbocycles. The van der Waals surface area contributed by atoms with Crippen LogP contribution in [0.5, 0.6) is 5.75 Å². The summed E-state index contributed by atoms with van der Waals surface area (Å²) in [5, 5.41) is 6.66. The number of aromatic amines is 1. The molecule has 0 amide bonds. The third kappa shape index (κ3) is 4.75. The molecule has 26 heavy (non-hydrogen) atoms. The second kappa shape index (κ2) is 8.89. The van der Waals surface area contributed by atoms with Gasteiger partial charge in [0.1, 0.15) is 11.6 Å². The van der Waals surface area contributed by atoms with Gasteiger partial charge in [0.05, 0.1) is 18.1 Å². The van der Waals surface area contributed by atoms with Crippen LogP contribution >= 0.6 is 0 Å². The number of hydrogen-bond donors (Lipinski definition) is 3. The van der Waals surface area contributed by atoms with Crippen molar-refractivity contribution in [3.63, 3.8) is 0 Å². The molecule has 0 unspecified atom stereocenters. The van der Waals surface area contributed by atoms with Crippen LogP contribution in [0.25, 0.3) is 11.0 Å². The fourth-order valence-corrected chi connectivity index (χ4v) is 2.78. The number of aryl methyl sites for hydroxylation is 1. The molecule has 0 bridgehead atoms. The molecule has 0 aliphatic rings. The molecule has 2 aromatic carbocycles. The summed E-state index contributed by atoms with van der Waals surface area (Å²) >= 11 is 0. The maximum atomic E-state index is 5.25. The molecule has 0 radical (unpaired) electrons. The van der Waals surface area contributed by atoms with Gasteiger partial charge in [-0.05, 0) is 36.2 Å². The average Bonchev–Trinajstić information content (AvgIpc) is 3.10. The van der Waals surface area contributed by atoms with E-state index in [1.165, 1.54) is 0 Å². The number of nitrogens with zero attached hydrogens (tertiary/aromatic N) is 2. The third-order valence-corrected chi connectivity index (χ3v) is 4.14. The number of imidazole rings is 1. The van der Waals surface area contributed by atoms with Crippen LogP contribution in [-0.4, -0.2) is 36.6 Å². The van der Waals surface area contributed by atoms with Gasteiger partial charge in [-0.25, -0.2) is 4.98 Å². The smallest absolute Gasteiger partial charge is 0.191 e. The first-order chi connectivity index (χ1) is 12.8. The van der Waals surface area contributed by atoms with E-state index in [4.69, 9.17) is 4.74 Å². The van der Waals surface area contributed by atoms with Crippen LogP contribution in [0.2, 0.25) is 0 Å². The number of aromatic nitrogens is 2. The maximum Gasteiger partial charge on any atom is 0.191 e. The molecular formula is C20H25N5O. The molecule has 0 saturated heterocycles. The van der Waals surface area contributed by atoms with Gasteiger partial charge in [-0.3, -0.25) is 4.99 Å². The summed E-state index contributed by atoms with van der Waals surface area (Å²) in [6.45, 7) is 1.52. The number of guanidine groups is 1. The van der Waals surface area contributed by atoms with E-state index in [9.17, 15) is 0 Å². The van der Waals surface area contributed by atoms with Gasteiger partial charge in [-0.1, -0.05) is 24.3 Å². The standard InChI is InChI=1S/C20H25N5O/c1-21-20(23-14-15-7-5-8-16(13-15)26-2)22-12-6-11-19-24-17-9-3-4-10-18(17)25-19/h3-5,7-10,13H,6,11-12,14H2,1-2H3,(H,24,25)(H2,21,22,23). The first-order valence-electron chi connectivity index (χ1n) is 8.79. The number of H-pyrrole nitrogens is 1. The van der Waals surface area contributed by atoms with E-state index in [0.717, 1.165) is 53.5 Å². The number of aliphatic imine (C=N–C) groups is 1. The lowest BCUT2D eigenvalue weighted by atomic mass is 10.2. The summed E-state index contributed by atoms with van der Waals surface area (Å²) in [5.41, 5.74) is 3.26. The minimum Gasteiger partial charge on any atom is -0.497 e. The quantitative estimate of drug-likeness (QED) is 0.348. The monoisotopic (exact) mass is 351 g/mol. The Morgan fingerprint density at radius 2 is 2.04 bits per heavy atom. The second-order valence-corrected chi connectivity index (χ2v) is 6.01. The number of nitrogens with one attached hydrogen (secondary N) is 3. The van der Waals surface area contributed by atoms with Crippen molar-refractivity contribution >= 4 is 17.0 Å². The van der Waals surface area contributed by atoms with Crippen molar-refractivity contribution in [2.24, 2.45) is 4.99 Å². The lowest BCUT2D eigenvalue weighted by molar-refractivity contribution is 0.414. The Bertz CT molecular complexity index is 838. The Morgan fingerprint density at radius 1 is 1.15 bits per heavy atom. The maximum absolute atomic E-state index is 5.25. The number of hydrogen-bond acceptors (Lipinski definition) is 3. The zero-order valence-corrected chi connectivity index (χ0v) is 15.2. The number of rotatable bonds is 7. The van der Waals surface area contributed by atoms with Crippen LogP contribution in [0, 0.1) is 0 Å². The van der Waals surface area contributed by atoms with Crippen LogP contribution < -0.4 is 15.4 Å². The molecular weight excluding hydrogens is 326 g/mol. The molecule has 0 atom stereocenters. The third-order valence-electron chi connectivity index (χ3n) is 4.14. The summed E-state index contributed by atoms with van der Waals surface area (Å²) < 4.78 is 5.25. The number of ether oxygens (including phenoxy) is 1. The summed E-state index contributed by atoms with van der Waals surface area (Å²) in [4.78, 5) is 12.2. The number of para-hydroxylation sites is 2. The van der Waals surface area contributed by atoms with Crippen molar-refractivity contribution in [3.8, 4) is 5.75 Å². The number of methoxy groups -OCH3 is 1. The van der Waals surface area contributed by atoms with Crippen LogP contribution in [-0.2, 0) is 13.0 Å². The molecule has 0 spiro atoms. The SMILES string of the molecule is CN=C(NCCCc1nc2ccccc2[nH]1)NCc1cccc(OC)c1. The predicted octanol–water partition coefficient (Wildman–Crippen LogP) is 2.87. The highest BCUT2D eigenvalue weighted by Gasteiger charge is 2.03. The van der Waals surface area contributed by atoms with Crippen molar-refractivity contribution in [1.29, 1.82) is 0 Å². The minimum absolute atomic E-state index is 0.695. The zero-order valence-electron chi connectivity index (χ0n) is 15.2. The van der Waals surface area contributed by atoms with E-state index < -0.39 is 0 Å². The summed E-state index contributed by atoms with van der Waals surface area (Å²) in [6.07, 6.45) is 1.87. The lowest BCUT2D eigenvalue weighted by Gasteiger charge is -2.12. The second-order valence-electron chi connectivity index (χ2n) is 6.01. The highest BCUT2D eigenvalue weighted by atomic mass is 16.5. The Labute approximate surface area is 153 Å². The topological polar surface area (TPSA) is 74.3 Å². The van der Waals surface area contributed by atoms with Crippen molar-refractivity contribution in [1.82, 2.24) is 20.6 Å². The van der Waals surface area contributed by atoms with E-state index in [2.05, 4.69) is 37.7 Å². The van der Waals surface area contributed by atoms with Crippen LogP contribution in [0.4, 0.5) is 0 Å². The van der Waals surface area contributed by atoms with Gasteiger partial charge in [0.15, 0.2) is 5.96 Å². The van der Waals surface area contributed by atoms with Gasteiger partial charge in [-0.15, -0.1) is 0 Å². The Kier molecular flexibility index (Phi) is 6.09. The number of benzene rings is 2. The fraction of sp³-hybridized carbons (Fsp3) is 0.300. The fourth-order valence-electron chi connectivity index (χ4n) is 2.78. The first-order valence-corrected chi connectivity index (χ1v) is 8.79. The highest BCUT2D eigenvalue weighted by Crippen LogP contribution is 2.12. The molecule has 3 aromatic rings. The first kappa shape index (κ1) is 17.8. The summed E-state index contributed by atoms with van der Waals surface area (Å²) in [5.74, 6) is 2.67. The summed E-state index contributed by atoms with van der Waals surface area (Å²) in [6, 6.07) is 16.1. The van der Waals surface area contributed by atoms with Crippen molar-refractivity contribution in [2.75, 3.05) is 20.7 Å². The molecule has 6 nitrogen and oxygen atoms in total. The van der Waals surface area contributed by atoms with Gasteiger partial charge in [0.2, 0.25) is 0 Å². The Hall–Kier alpha value is -3.02. The molecule has 3 N–H and O–H groups in total. The molecule has 6 heteroatoms. The predicted molar refractivity (Wildman–Crippen MR) is 106 cm³/mol. The molecule has 3 rings (SSSR count). The molecule has 0 aliphatic heterocycles. The van der Waals surface area contributed by atoms with E-state index in [-0.39, 0.29) is 0 Å². The zero-order chi connectivity index (χ0) is 18.2. The normalized spacial score (nSPS) is 11.5. The minimum atomic E-state index is 0.695. The van der Waals surface area contributed by atoms with Gasteiger partial charge in [0.25, 0.3) is 0 Å². The van der Waals surface area contributed by atoms with Crippen molar-refractivity contribution in [3.05, 3.63) is 59.9 Å². The molecule has 136 valence electrons. The van der Waals surface area contributed by atoms with E-state index in [1.807, 2.05) is 36.4 Å². The van der Waals surface area contributed by atoms with Gasteiger partial charge in [0, 0.05) is 26.6 Å². The Morgan fingerprint density at radius 3 is 2.85 bits per heavy atom. The van der Waals surface area contributed by atoms with Crippen LogP contribution in [0.3, 0.4) is 0 Å². The van der Waals surface area contributed by atoms with Gasteiger partial charge in [-0.2, -0.15) is 0 Å². The Balaban J connectivity index is 1.42. The van der Waals surface area contributed by atoms with Gasteiger partial charge >= 0.3 is 0 Å². The van der Waals surface area contributed by atoms with E-state index in [0.29, 0.717) is 6.54 Å². The molecule has 1 heterocycles. The average molecular weight is 351 g/mol.